The van der Waals surface area contributed by atoms with Gasteiger partial charge in [0.05, 0.1) is 0 Å². The van der Waals surface area contributed by atoms with Gasteiger partial charge in [-0.15, -0.1) is 11.8 Å². The van der Waals surface area contributed by atoms with Gasteiger partial charge >= 0.3 is 5.91 Å². The van der Waals surface area contributed by atoms with Gasteiger partial charge in [-0.2, -0.15) is 0 Å². The highest BCUT2D eigenvalue weighted by atomic mass is 32.2. The third-order valence-corrected chi connectivity index (χ3v) is 4.11. The zero-order chi connectivity index (χ0) is 14.7. The van der Waals surface area contributed by atoms with Gasteiger partial charge in [0, 0.05) is 34.0 Å². The van der Waals surface area contributed by atoms with Crippen molar-refractivity contribution in [3.05, 3.63) is 60.1 Å². The van der Waals surface area contributed by atoms with Gasteiger partial charge in [-0.1, -0.05) is 18.2 Å². The summed E-state index contributed by atoms with van der Waals surface area (Å²) in [6.07, 6.45) is 3.48. The summed E-state index contributed by atoms with van der Waals surface area (Å²) in [5.74, 6) is 5.69. The lowest BCUT2D eigenvalue weighted by Crippen LogP contribution is -2.30. The molecule has 6 heteroatoms. The molecule has 2 heterocycles. The number of carbonyl (C=O) groups excluding carboxylic acids is 1. The number of amides is 1. The molecule has 0 spiro atoms. The van der Waals surface area contributed by atoms with Crippen LogP contribution in [-0.2, 0) is 5.75 Å². The van der Waals surface area contributed by atoms with E-state index in [2.05, 4.69) is 10.4 Å². The number of thioether (sulfide) groups is 1. The molecule has 3 N–H and O–H groups in total. The van der Waals surface area contributed by atoms with Crippen molar-refractivity contribution in [1.29, 1.82) is 0 Å². The molecular weight excluding hydrogens is 286 g/mol. The standard InChI is InChI=1S/C15H13N3O2S/c16-18-15(19)14-12(9-21-10-5-7-17-8-6-10)11-3-1-2-4-13(11)20-14/h1-8H,9,16H2,(H,18,19). The molecule has 0 fully saturated rings. The largest absolute Gasteiger partial charge is 0.451 e. The lowest BCUT2D eigenvalue weighted by molar-refractivity contribution is 0.0927. The number of hydrogen-bond acceptors (Lipinski definition) is 5. The fourth-order valence-electron chi connectivity index (χ4n) is 2.08. The fraction of sp³-hybridized carbons (Fsp3) is 0.0667. The lowest BCUT2D eigenvalue weighted by atomic mass is 10.1. The third kappa shape index (κ3) is 2.76. The average molecular weight is 299 g/mol. The number of furan rings is 1. The van der Waals surface area contributed by atoms with Crippen molar-refractivity contribution >= 4 is 28.6 Å². The first-order chi connectivity index (χ1) is 10.3. The van der Waals surface area contributed by atoms with Gasteiger partial charge in [0.25, 0.3) is 0 Å². The van der Waals surface area contributed by atoms with E-state index in [0.717, 1.165) is 15.8 Å². The summed E-state index contributed by atoms with van der Waals surface area (Å²) in [6, 6.07) is 11.4. The van der Waals surface area contributed by atoms with Crippen LogP contribution in [0.15, 0.2) is 58.1 Å². The van der Waals surface area contributed by atoms with Gasteiger partial charge in [0.15, 0.2) is 5.76 Å². The fourth-order valence-corrected chi connectivity index (χ4v) is 2.99. The number of para-hydroxylation sites is 1. The maximum absolute atomic E-state index is 11.9. The molecule has 0 unspecified atom stereocenters. The van der Waals surface area contributed by atoms with Crippen molar-refractivity contribution in [3.8, 4) is 0 Å². The number of carbonyl (C=O) groups is 1. The van der Waals surface area contributed by atoms with Crippen LogP contribution in [0.4, 0.5) is 0 Å². The van der Waals surface area contributed by atoms with Gasteiger partial charge in [0.2, 0.25) is 0 Å². The second kappa shape index (κ2) is 5.99. The quantitative estimate of drug-likeness (QED) is 0.335. The summed E-state index contributed by atoms with van der Waals surface area (Å²) in [6.45, 7) is 0. The molecule has 1 amide bonds. The number of nitrogen functional groups attached to an aromatic ring is 1. The van der Waals surface area contributed by atoms with Gasteiger partial charge in [-0.25, -0.2) is 5.84 Å². The van der Waals surface area contributed by atoms with E-state index in [0.29, 0.717) is 11.3 Å². The van der Waals surface area contributed by atoms with Crippen LogP contribution in [0, 0.1) is 0 Å². The molecule has 21 heavy (non-hydrogen) atoms. The van der Waals surface area contributed by atoms with E-state index in [1.165, 1.54) is 0 Å². The smallest absolute Gasteiger partial charge is 0.301 e. The van der Waals surface area contributed by atoms with E-state index < -0.39 is 5.91 Å². The van der Waals surface area contributed by atoms with Crippen LogP contribution in [0.3, 0.4) is 0 Å². The molecule has 0 aliphatic rings. The van der Waals surface area contributed by atoms with Crippen LogP contribution in [0.1, 0.15) is 16.1 Å². The van der Waals surface area contributed by atoms with Crippen molar-refractivity contribution in [2.45, 2.75) is 10.6 Å². The normalized spacial score (nSPS) is 10.7. The van der Waals surface area contributed by atoms with Crippen LogP contribution in [0.25, 0.3) is 11.0 Å². The van der Waals surface area contributed by atoms with Crippen molar-refractivity contribution in [2.24, 2.45) is 5.84 Å². The van der Waals surface area contributed by atoms with Gasteiger partial charge < -0.3 is 4.42 Å². The van der Waals surface area contributed by atoms with E-state index in [1.807, 2.05) is 36.4 Å². The molecule has 0 saturated heterocycles. The SMILES string of the molecule is NNC(=O)c1oc2ccccc2c1CSc1ccncc1. The predicted molar refractivity (Wildman–Crippen MR) is 81.7 cm³/mol. The van der Waals surface area contributed by atoms with E-state index in [9.17, 15) is 4.79 Å². The minimum Gasteiger partial charge on any atom is -0.451 e. The Morgan fingerprint density at radius 2 is 2.00 bits per heavy atom. The number of benzene rings is 1. The Morgan fingerprint density at radius 3 is 2.76 bits per heavy atom. The van der Waals surface area contributed by atoms with Crippen molar-refractivity contribution in [3.63, 3.8) is 0 Å². The summed E-state index contributed by atoms with van der Waals surface area (Å²) >= 11 is 1.61. The number of hydrazine groups is 1. The van der Waals surface area contributed by atoms with Crippen LogP contribution in [0.5, 0.6) is 0 Å². The van der Waals surface area contributed by atoms with E-state index in [-0.39, 0.29) is 5.76 Å². The molecule has 0 saturated carbocycles. The minimum absolute atomic E-state index is 0.264. The number of nitrogens with one attached hydrogen (secondary N) is 1. The monoisotopic (exact) mass is 299 g/mol. The first-order valence-corrected chi connectivity index (χ1v) is 7.32. The summed E-state index contributed by atoms with van der Waals surface area (Å²) in [4.78, 5) is 16.9. The number of fused-ring (bicyclic) bond motifs is 1. The molecule has 1 aromatic carbocycles. The lowest BCUT2D eigenvalue weighted by Gasteiger charge is -2.02. The molecule has 5 nitrogen and oxygen atoms in total. The van der Waals surface area contributed by atoms with Crippen molar-refractivity contribution in [2.75, 3.05) is 0 Å². The molecule has 0 aliphatic carbocycles. The molecule has 3 aromatic rings. The maximum Gasteiger partial charge on any atom is 0.301 e. The molecular formula is C15H13N3O2S. The van der Waals surface area contributed by atoms with Gasteiger partial charge in [-0.3, -0.25) is 15.2 Å². The molecule has 2 aromatic heterocycles. The molecule has 0 aliphatic heterocycles. The highest BCUT2D eigenvalue weighted by Crippen LogP contribution is 2.31. The number of hydrogen-bond donors (Lipinski definition) is 2. The molecule has 106 valence electrons. The van der Waals surface area contributed by atoms with E-state index in [4.69, 9.17) is 10.3 Å². The van der Waals surface area contributed by atoms with Crippen LogP contribution >= 0.6 is 11.8 Å². The maximum atomic E-state index is 11.9. The Balaban J connectivity index is 1.97. The van der Waals surface area contributed by atoms with Crippen LogP contribution < -0.4 is 11.3 Å². The van der Waals surface area contributed by atoms with Crippen LogP contribution in [-0.4, -0.2) is 10.9 Å². The van der Waals surface area contributed by atoms with Crippen molar-refractivity contribution in [1.82, 2.24) is 10.4 Å². The minimum atomic E-state index is -0.420. The predicted octanol–water partition coefficient (Wildman–Crippen LogP) is 2.72. The van der Waals surface area contributed by atoms with E-state index >= 15 is 0 Å². The Bertz CT molecular complexity index is 771. The average Bonchev–Trinajstić information content (AvgIpc) is 2.92. The zero-order valence-corrected chi connectivity index (χ0v) is 11.9. The summed E-state index contributed by atoms with van der Waals surface area (Å²) in [5.41, 5.74) is 3.65. The van der Waals surface area contributed by atoms with E-state index in [1.54, 1.807) is 24.2 Å². The summed E-state index contributed by atoms with van der Waals surface area (Å²) in [7, 11) is 0. The highest BCUT2D eigenvalue weighted by Gasteiger charge is 2.19. The number of aromatic nitrogens is 1. The Labute approximate surface area is 125 Å². The topological polar surface area (TPSA) is 81.1 Å². The first kappa shape index (κ1) is 13.7. The number of nitrogens with two attached hydrogens (primary N) is 1. The summed E-state index contributed by atoms with van der Waals surface area (Å²) in [5, 5.41) is 0.928. The Kier molecular flexibility index (Phi) is 3.89. The first-order valence-electron chi connectivity index (χ1n) is 6.34. The molecule has 0 atom stereocenters. The molecule has 0 radical (unpaired) electrons. The van der Waals surface area contributed by atoms with Crippen molar-refractivity contribution < 1.29 is 9.21 Å². The number of nitrogens with zero attached hydrogens (tertiary/aromatic N) is 1. The summed E-state index contributed by atoms with van der Waals surface area (Å²) < 4.78 is 5.62. The Hall–Kier alpha value is -2.31. The molecule has 0 bridgehead atoms. The molecule has 3 rings (SSSR count). The zero-order valence-electron chi connectivity index (χ0n) is 11.1. The second-order valence-corrected chi connectivity index (χ2v) is 5.40. The van der Waals surface area contributed by atoms with Crippen LogP contribution in [0.2, 0.25) is 0 Å². The number of pyridine rings is 1. The Morgan fingerprint density at radius 1 is 1.24 bits per heavy atom. The number of rotatable bonds is 4. The second-order valence-electron chi connectivity index (χ2n) is 4.35. The third-order valence-electron chi connectivity index (χ3n) is 3.07. The highest BCUT2D eigenvalue weighted by molar-refractivity contribution is 7.98. The van der Waals surface area contributed by atoms with Gasteiger partial charge in [0.1, 0.15) is 5.58 Å². The van der Waals surface area contributed by atoms with Gasteiger partial charge in [-0.05, 0) is 18.2 Å².